The van der Waals surface area contributed by atoms with Crippen LogP contribution in [0, 0.1) is 29.3 Å². The molecule has 36 heavy (non-hydrogen) atoms. The number of amides is 1. The molecule has 2 unspecified atom stereocenters. The Morgan fingerprint density at radius 1 is 1.19 bits per heavy atom. The second-order valence-electron chi connectivity index (χ2n) is 9.25. The minimum atomic E-state index is -4.07. The number of aromatic nitrogens is 2. The number of halogens is 4. The lowest BCUT2D eigenvalue weighted by molar-refractivity contribution is -0.0234. The molecule has 2 fully saturated rings. The van der Waals surface area contributed by atoms with E-state index in [0.717, 1.165) is 6.07 Å². The number of aliphatic hydroxyl groups is 1. The molecule has 4 atom stereocenters. The van der Waals surface area contributed by atoms with E-state index in [2.05, 4.69) is 10.4 Å². The van der Waals surface area contributed by atoms with Crippen molar-refractivity contribution in [3.05, 3.63) is 76.8 Å². The molecule has 0 spiro atoms. The van der Waals surface area contributed by atoms with Crippen LogP contribution in [-0.4, -0.2) is 40.1 Å². The SMILES string of the molecule is O=C(Nc1cc(F)c(F)c(F)c1)c1ccc(Cl)c(S(=O)(=O)[C@@H]2CC3CCC2[C@@]3(O)Cn2cccn2)c1. The molecule has 7 nitrogen and oxygen atoms in total. The van der Waals surface area contributed by atoms with E-state index in [-0.39, 0.29) is 40.1 Å². The van der Waals surface area contributed by atoms with Gasteiger partial charge in [0.05, 0.1) is 27.3 Å². The Labute approximate surface area is 209 Å². The minimum absolute atomic E-state index is 0.0937. The summed E-state index contributed by atoms with van der Waals surface area (Å²) in [5.74, 6) is -6.29. The summed E-state index contributed by atoms with van der Waals surface area (Å²) in [7, 11) is -4.07. The maximum Gasteiger partial charge on any atom is 0.255 e. The van der Waals surface area contributed by atoms with E-state index in [4.69, 9.17) is 11.6 Å². The van der Waals surface area contributed by atoms with Gasteiger partial charge in [-0.15, -0.1) is 0 Å². The number of rotatable bonds is 6. The molecule has 2 aliphatic rings. The fraction of sp³-hybridized carbons (Fsp3) is 0.333. The predicted octanol–water partition coefficient (Wildman–Crippen LogP) is 4.21. The van der Waals surface area contributed by atoms with Gasteiger partial charge in [-0.3, -0.25) is 9.48 Å². The van der Waals surface area contributed by atoms with Gasteiger partial charge >= 0.3 is 0 Å². The third kappa shape index (κ3) is 4.08. The van der Waals surface area contributed by atoms with Crippen LogP contribution in [0.5, 0.6) is 0 Å². The second kappa shape index (κ2) is 8.89. The normalized spacial score (nSPS) is 25.3. The Kier molecular flexibility index (Phi) is 6.12. The van der Waals surface area contributed by atoms with Crippen molar-refractivity contribution >= 4 is 33.0 Å². The van der Waals surface area contributed by atoms with Crippen LogP contribution in [0.15, 0.2) is 53.7 Å². The van der Waals surface area contributed by atoms with Gasteiger partial charge in [-0.25, -0.2) is 21.6 Å². The second-order valence-corrected chi connectivity index (χ2v) is 11.8. The zero-order valence-corrected chi connectivity index (χ0v) is 20.2. The van der Waals surface area contributed by atoms with Crippen LogP contribution in [-0.2, 0) is 16.4 Å². The lowest BCUT2D eigenvalue weighted by Crippen LogP contribution is -2.42. The van der Waals surface area contributed by atoms with Gasteiger partial charge in [0.1, 0.15) is 0 Å². The molecule has 1 aromatic heterocycles. The molecule has 0 radical (unpaired) electrons. The van der Waals surface area contributed by atoms with Gasteiger partial charge in [0.15, 0.2) is 27.3 Å². The quantitative estimate of drug-likeness (QED) is 0.457. The molecule has 1 amide bonds. The maximum absolute atomic E-state index is 13.7. The summed E-state index contributed by atoms with van der Waals surface area (Å²) in [6, 6.07) is 6.56. The first-order valence-electron chi connectivity index (χ1n) is 11.2. The number of hydrogen-bond donors (Lipinski definition) is 2. The Balaban J connectivity index is 1.42. The monoisotopic (exact) mass is 539 g/mol. The van der Waals surface area contributed by atoms with Crippen molar-refractivity contribution < 1.29 is 31.5 Å². The van der Waals surface area contributed by atoms with Gasteiger partial charge in [-0.05, 0) is 49.4 Å². The molecule has 1 heterocycles. The number of nitrogens with zero attached hydrogens (tertiary/aromatic N) is 2. The number of carbonyl (C=O) groups excluding carboxylic acids is 1. The zero-order valence-electron chi connectivity index (χ0n) is 18.7. The molecule has 5 rings (SSSR count). The van der Waals surface area contributed by atoms with Crippen LogP contribution in [0.4, 0.5) is 18.9 Å². The van der Waals surface area contributed by atoms with Crippen molar-refractivity contribution in [1.29, 1.82) is 0 Å². The Morgan fingerprint density at radius 2 is 1.92 bits per heavy atom. The third-order valence-electron chi connectivity index (χ3n) is 7.26. The van der Waals surface area contributed by atoms with Gasteiger partial charge < -0.3 is 10.4 Å². The van der Waals surface area contributed by atoms with E-state index in [1.165, 1.54) is 12.1 Å². The van der Waals surface area contributed by atoms with Crippen molar-refractivity contribution in [3.8, 4) is 0 Å². The lowest BCUT2D eigenvalue weighted by Gasteiger charge is -2.29. The zero-order chi connectivity index (χ0) is 25.8. The number of nitrogens with one attached hydrogen (secondary N) is 1. The molecule has 2 saturated carbocycles. The first-order chi connectivity index (χ1) is 17.0. The molecule has 190 valence electrons. The minimum Gasteiger partial charge on any atom is -0.387 e. The highest BCUT2D eigenvalue weighted by molar-refractivity contribution is 7.92. The highest BCUT2D eigenvalue weighted by Crippen LogP contribution is 2.56. The number of anilines is 1. The average Bonchev–Trinajstić information content (AvgIpc) is 3.52. The third-order valence-corrected chi connectivity index (χ3v) is 9.97. The standard InChI is InChI=1S/C24H21ClF3N3O4S/c25-17-5-2-13(23(32)30-15-10-18(26)22(28)19(27)11-15)8-21(17)36(34,35)20-9-14-3-4-16(20)24(14,33)12-31-7-1-6-29-31/h1-2,5-8,10-11,14,16,20,33H,3-4,9,12H2,(H,30,32)/t14?,16?,20-,24-/m1/s1. The van der Waals surface area contributed by atoms with Crippen molar-refractivity contribution in [1.82, 2.24) is 9.78 Å². The summed E-state index contributed by atoms with van der Waals surface area (Å²) < 4.78 is 69.2. The summed E-state index contributed by atoms with van der Waals surface area (Å²) in [6.07, 6.45) is 4.74. The molecular weight excluding hydrogens is 519 g/mol. The van der Waals surface area contributed by atoms with Gasteiger partial charge in [0, 0.05) is 41.7 Å². The molecule has 2 aromatic carbocycles. The van der Waals surface area contributed by atoms with E-state index in [1.54, 1.807) is 23.1 Å². The number of carbonyl (C=O) groups is 1. The molecule has 12 heteroatoms. The highest BCUT2D eigenvalue weighted by atomic mass is 35.5. The van der Waals surface area contributed by atoms with Gasteiger partial charge in [0.25, 0.3) is 5.91 Å². The topological polar surface area (TPSA) is 101 Å². The van der Waals surface area contributed by atoms with Crippen molar-refractivity contribution in [2.45, 2.75) is 41.6 Å². The van der Waals surface area contributed by atoms with Gasteiger partial charge in [-0.1, -0.05) is 11.6 Å². The summed E-state index contributed by atoms with van der Waals surface area (Å²) in [4.78, 5) is 12.4. The fourth-order valence-electron chi connectivity index (χ4n) is 5.56. The van der Waals surface area contributed by atoms with Crippen molar-refractivity contribution in [2.75, 3.05) is 5.32 Å². The Hall–Kier alpha value is -2.89. The van der Waals surface area contributed by atoms with Crippen molar-refractivity contribution in [2.24, 2.45) is 11.8 Å². The van der Waals surface area contributed by atoms with Gasteiger partial charge in [-0.2, -0.15) is 5.10 Å². The van der Waals surface area contributed by atoms with E-state index in [0.29, 0.717) is 25.0 Å². The number of fused-ring (bicyclic) bond motifs is 2. The number of hydrogen-bond acceptors (Lipinski definition) is 5. The first kappa shape index (κ1) is 24.8. The van der Waals surface area contributed by atoms with E-state index in [9.17, 15) is 31.5 Å². The summed E-state index contributed by atoms with van der Waals surface area (Å²) in [6.45, 7) is 0.169. The highest BCUT2D eigenvalue weighted by Gasteiger charge is 2.62. The van der Waals surface area contributed by atoms with Crippen LogP contribution in [0.1, 0.15) is 29.6 Å². The molecule has 2 bridgehead atoms. The van der Waals surface area contributed by atoms with Crippen molar-refractivity contribution in [3.63, 3.8) is 0 Å². The van der Waals surface area contributed by atoms with E-state index < -0.39 is 50.0 Å². The largest absolute Gasteiger partial charge is 0.387 e. The summed E-state index contributed by atoms with van der Waals surface area (Å²) in [5, 5.41) is 16.8. The Bertz CT molecular complexity index is 1430. The molecule has 0 saturated heterocycles. The number of sulfone groups is 1. The van der Waals surface area contributed by atoms with Crippen LogP contribution in [0.25, 0.3) is 0 Å². The number of benzene rings is 2. The first-order valence-corrected chi connectivity index (χ1v) is 13.1. The van der Waals surface area contributed by atoms with E-state index in [1.807, 2.05) is 0 Å². The smallest absolute Gasteiger partial charge is 0.255 e. The van der Waals surface area contributed by atoms with Crippen LogP contribution in [0.3, 0.4) is 0 Å². The van der Waals surface area contributed by atoms with Crippen LogP contribution in [0.2, 0.25) is 5.02 Å². The molecular formula is C24H21ClF3N3O4S. The average molecular weight is 540 g/mol. The fourth-order valence-corrected chi connectivity index (χ4v) is 8.24. The maximum atomic E-state index is 13.7. The summed E-state index contributed by atoms with van der Waals surface area (Å²) in [5.41, 5.74) is -1.72. The predicted molar refractivity (Wildman–Crippen MR) is 125 cm³/mol. The Morgan fingerprint density at radius 3 is 2.58 bits per heavy atom. The van der Waals surface area contributed by atoms with Crippen LogP contribution >= 0.6 is 11.6 Å². The molecule has 2 N–H and O–H groups in total. The molecule has 0 aliphatic heterocycles. The molecule has 3 aromatic rings. The van der Waals surface area contributed by atoms with Gasteiger partial charge in [0.2, 0.25) is 0 Å². The van der Waals surface area contributed by atoms with E-state index >= 15 is 0 Å². The molecule has 2 aliphatic carbocycles. The summed E-state index contributed by atoms with van der Waals surface area (Å²) >= 11 is 6.24. The van der Waals surface area contributed by atoms with Crippen LogP contribution < -0.4 is 5.32 Å². The lowest BCUT2D eigenvalue weighted by atomic mass is 9.92.